The minimum absolute atomic E-state index is 0.0142. The standard InChI is InChI=1S/C24H19N3O2S2/c1-15(2)27-23(28)21(31-24(27)30)13-17-14-26(18-9-4-3-5-10-18)25-22(17)20-12-16-8-6-7-11-19(16)29-20/h3-15H,1-2H3/b21-13-. The van der Waals surface area contributed by atoms with Crippen molar-refractivity contribution in [2.24, 2.45) is 0 Å². The van der Waals surface area contributed by atoms with Gasteiger partial charge in [0.25, 0.3) is 5.91 Å². The van der Waals surface area contributed by atoms with Gasteiger partial charge in [0.1, 0.15) is 15.6 Å². The lowest BCUT2D eigenvalue weighted by molar-refractivity contribution is -0.123. The topological polar surface area (TPSA) is 51.3 Å². The highest BCUT2D eigenvalue weighted by molar-refractivity contribution is 8.26. The number of carbonyl (C=O) groups is 1. The van der Waals surface area contributed by atoms with Crippen molar-refractivity contribution in [1.29, 1.82) is 0 Å². The van der Waals surface area contributed by atoms with Crippen molar-refractivity contribution in [3.05, 3.63) is 77.3 Å². The van der Waals surface area contributed by atoms with Crippen LogP contribution >= 0.6 is 24.0 Å². The Balaban J connectivity index is 1.64. The van der Waals surface area contributed by atoms with E-state index < -0.39 is 0 Å². The molecule has 0 atom stereocenters. The third kappa shape index (κ3) is 3.60. The van der Waals surface area contributed by atoms with Gasteiger partial charge in [0.05, 0.1) is 10.6 Å². The number of amides is 1. The molecule has 0 radical (unpaired) electrons. The van der Waals surface area contributed by atoms with Crippen molar-refractivity contribution in [3.8, 4) is 17.1 Å². The molecule has 31 heavy (non-hydrogen) atoms. The average Bonchev–Trinajstić information content (AvgIpc) is 3.44. The van der Waals surface area contributed by atoms with Gasteiger partial charge in [0.15, 0.2) is 5.76 Å². The lowest BCUT2D eigenvalue weighted by atomic mass is 10.1. The zero-order valence-electron chi connectivity index (χ0n) is 17.0. The van der Waals surface area contributed by atoms with Gasteiger partial charge >= 0.3 is 0 Å². The molecule has 1 fully saturated rings. The summed E-state index contributed by atoms with van der Waals surface area (Å²) in [7, 11) is 0. The molecule has 1 aliphatic rings. The van der Waals surface area contributed by atoms with E-state index in [9.17, 15) is 4.79 Å². The number of fused-ring (bicyclic) bond motifs is 1. The molecule has 0 spiro atoms. The number of rotatable bonds is 4. The Labute approximate surface area is 189 Å². The van der Waals surface area contributed by atoms with Gasteiger partial charge in [-0.1, -0.05) is 60.4 Å². The molecule has 0 aliphatic carbocycles. The van der Waals surface area contributed by atoms with Gasteiger partial charge in [-0.2, -0.15) is 5.10 Å². The van der Waals surface area contributed by atoms with Crippen LogP contribution in [0.1, 0.15) is 19.4 Å². The highest BCUT2D eigenvalue weighted by atomic mass is 32.2. The van der Waals surface area contributed by atoms with Crippen LogP contribution in [0.25, 0.3) is 34.2 Å². The number of aromatic nitrogens is 2. The summed E-state index contributed by atoms with van der Waals surface area (Å²) in [5, 5.41) is 5.80. The number of hydrogen-bond donors (Lipinski definition) is 0. The first-order chi connectivity index (χ1) is 15.0. The Morgan fingerprint density at radius 3 is 2.55 bits per heavy atom. The first-order valence-electron chi connectivity index (χ1n) is 9.92. The van der Waals surface area contributed by atoms with Crippen molar-refractivity contribution < 1.29 is 9.21 Å². The van der Waals surface area contributed by atoms with E-state index >= 15 is 0 Å². The number of furan rings is 1. The van der Waals surface area contributed by atoms with Crippen molar-refractivity contribution in [3.63, 3.8) is 0 Å². The second-order valence-corrected chi connectivity index (χ2v) is 9.18. The van der Waals surface area contributed by atoms with Crippen molar-refractivity contribution in [2.75, 3.05) is 0 Å². The second kappa shape index (κ2) is 7.83. The third-order valence-electron chi connectivity index (χ3n) is 5.05. The summed E-state index contributed by atoms with van der Waals surface area (Å²) in [6.45, 7) is 3.92. The van der Waals surface area contributed by atoms with E-state index in [1.165, 1.54) is 11.8 Å². The highest BCUT2D eigenvalue weighted by Crippen LogP contribution is 2.36. The summed E-state index contributed by atoms with van der Waals surface area (Å²) in [6.07, 6.45) is 3.77. The molecular weight excluding hydrogens is 426 g/mol. The lowest BCUT2D eigenvalue weighted by Crippen LogP contribution is -2.34. The van der Waals surface area contributed by atoms with Crippen molar-refractivity contribution >= 4 is 51.3 Å². The molecule has 5 nitrogen and oxygen atoms in total. The molecule has 1 saturated heterocycles. The van der Waals surface area contributed by atoms with Crippen LogP contribution in [-0.4, -0.2) is 30.9 Å². The number of para-hydroxylation sites is 2. The molecule has 4 aromatic rings. The fourth-order valence-electron chi connectivity index (χ4n) is 3.56. The Kier molecular flexibility index (Phi) is 5.00. The van der Waals surface area contributed by atoms with Gasteiger partial charge in [-0.15, -0.1) is 0 Å². The number of thiocarbonyl (C=S) groups is 1. The van der Waals surface area contributed by atoms with Crippen LogP contribution < -0.4 is 0 Å². The fourth-order valence-corrected chi connectivity index (χ4v) is 5.08. The molecule has 154 valence electrons. The molecule has 1 aliphatic heterocycles. The van der Waals surface area contributed by atoms with Gasteiger partial charge in [-0.05, 0) is 44.2 Å². The number of carbonyl (C=O) groups excluding carboxylic acids is 1. The van der Waals surface area contributed by atoms with Crippen molar-refractivity contribution in [1.82, 2.24) is 14.7 Å². The minimum Gasteiger partial charge on any atom is -0.454 e. The predicted molar refractivity (Wildman–Crippen MR) is 129 cm³/mol. The van der Waals surface area contributed by atoms with Crippen molar-refractivity contribution in [2.45, 2.75) is 19.9 Å². The summed E-state index contributed by atoms with van der Waals surface area (Å²) in [4.78, 5) is 15.2. The highest BCUT2D eigenvalue weighted by Gasteiger charge is 2.34. The van der Waals surface area contributed by atoms with E-state index in [0.29, 0.717) is 20.7 Å². The lowest BCUT2D eigenvalue weighted by Gasteiger charge is -2.18. The van der Waals surface area contributed by atoms with Gasteiger partial charge in [0, 0.05) is 23.2 Å². The average molecular weight is 446 g/mol. The van der Waals surface area contributed by atoms with Gasteiger partial charge in [0.2, 0.25) is 0 Å². The van der Waals surface area contributed by atoms with Crippen LogP contribution in [0.15, 0.2) is 76.2 Å². The first kappa shape index (κ1) is 19.8. The van der Waals surface area contributed by atoms with E-state index in [4.69, 9.17) is 21.7 Å². The Hall–Kier alpha value is -3.16. The maximum atomic E-state index is 12.9. The van der Waals surface area contributed by atoms with E-state index in [1.807, 2.05) is 86.8 Å². The number of thioether (sulfide) groups is 1. The summed E-state index contributed by atoms with van der Waals surface area (Å²) >= 11 is 6.75. The van der Waals surface area contributed by atoms with E-state index in [2.05, 4.69) is 0 Å². The summed E-state index contributed by atoms with van der Waals surface area (Å²) < 4.78 is 8.46. The Morgan fingerprint density at radius 2 is 1.84 bits per heavy atom. The molecule has 1 amide bonds. The first-order valence-corrected chi connectivity index (χ1v) is 11.1. The normalized spacial score (nSPS) is 15.7. The SMILES string of the molecule is CC(C)N1C(=O)/C(=C/c2cn(-c3ccccc3)nc2-c2cc3ccccc3o2)SC1=S. The maximum absolute atomic E-state index is 12.9. The smallest absolute Gasteiger partial charge is 0.266 e. The van der Waals surface area contributed by atoms with Crippen LogP contribution in [0.2, 0.25) is 0 Å². The van der Waals surface area contributed by atoms with Crippen LogP contribution in [0.3, 0.4) is 0 Å². The van der Waals surface area contributed by atoms with Gasteiger partial charge in [-0.25, -0.2) is 4.68 Å². The Bertz CT molecular complexity index is 1300. The maximum Gasteiger partial charge on any atom is 0.266 e. The third-order valence-corrected chi connectivity index (χ3v) is 6.38. The second-order valence-electron chi connectivity index (χ2n) is 7.51. The summed E-state index contributed by atoms with van der Waals surface area (Å²) in [5.74, 6) is 0.578. The molecule has 7 heteroatoms. The molecular formula is C24H19N3O2S2. The van der Waals surface area contributed by atoms with Crippen LogP contribution in [0, 0.1) is 0 Å². The number of benzene rings is 2. The Morgan fingerprint density at radius 1 is 1.10 bits per heavy atom. The molecule has 3 heterocycles. The minimum atomic E-state index is -0.0759. The molecule has 0 bridgehead atoms. The van der Waals surface area contributed by atoms with Gasteiger partial charge < -0.3 is 4.42 Å². The zero-order valence-corrected chi connectivity index (χ0v) is 18.6. The molecule has 0 unspecified atom stereocenters. The molecule has 2 aromatic carbocycles. The quantitative estimate of drug-likeness (QED) is 0.289. The zero-order chi connectivity index (χ0) is 21.5. The van der Waals surface area contributed by atoms with Crippen LogP contribution in [-0.2, 0) is 4.79 Å². The summed E-state index contributed by atoms with van der Waals surface area (Å²) in [6, 6.07) is 19.7. The monoisotopic (exact) mass is 445 g/mol. The fraction of sp³-hybridized carbons (Fsp3) is 0.125. The summed E-state index contributed by atoms with van der Waals surface area (Å²) in [5.41, 5.74) is 3.19. The van der Waals surface area contributed by atoms with Crippen LogP contribution in [0.5, 0.6) is 0 Å². The van der Waals surface area contributed by atoms with E-state index in [1.54, 1.807) is 9.58 Å². The van der Waals surface area contributed by atoms with E-state index in [-0.39, 0.29) is 11.9 Å². The largest absolute Gasteiger partial charge is 0.454 e. The molecule has 2 aromatic heterocycles. The number of hydrogen-bond acceptors (Lipinski definition) is 5. The van der Waals surface area contributed by atoms with Crippen LogP contribution in [0.4, 0.5) is 0 Å². The number of nitrogens with zero attached hydrogens (tertiary/aromatic N) is 3. The molecule has 0 saturated carbocycles. The molecule has 5 rings (SSSR count). The predicted octanol–water partition coefficient (Wildman–Crippen LogP) is 5.90. The molecule has 0 N–H and O–H groups in total. The van der Waals surface area contributed by atoms with E-state index in [0.717, 1.165) is 22.2 Å². The van der Waals surface area contributed by atoms with Gasteiger partial charge in [-0.3, -0.25) is 9.69 Å².